The number of rotatable bonds is 4. The number of halogens is 3. The molecule has 0 bridgehead atoms. The predicted molar refractivity (Wildman–Crippen MR) is 105 cm³/mol. The molecule has 1 saturated heterocycles. The molecule has 2 aromatic carbocycles. The summed E-state index contributed by atoms with van der Waals surface area (Å²) in [5.74, 6) is -0.173. The van der Waals surface area contributed by atoms with Crippen molar-refractivity contribution in [2.24, 2.45) is 0 Å². The number of benzene rings is 2. The van der Waals surface area contributed by atoms with Crippen molar-refractivity contribution in [3.8, 4) is 11.5 Å². The second kappa shape index (κ2) is 8.39. The molecule has 2 aliphatic rings. The molecule has 2 heterocycles. The van der Waals surface area contributed by atoms with Gasteiger partial charge in [0.15, 0.2) is 0 Å². The van der Waals surface area contributed by atoms with Crippen molar-refractivity contribution in [3.05, 3.63) is 65.0 Å². The number of alkyl halides is 2. The first-order valence-corrected chi connectivity index (χ1v) is 9.61. The zero-order chi connectivity index (χ0) is 21.3. The lowest BCUT2D eigenvalue weighted by Crippen LogP contribution is -2.48. The number of hydrogen-bond acceptors (Lipinski definition) is 4. The second-order valence-corrected chi connectivity index (χ2v) is 7.28. The van der Waals surface area contributed by atoms with Crippen molar-refractivity contribution in [3.63, 3.8) is 0 Å². The van der Waals surface area contributed by atoms with Crippen molar-refractivity contribution >= 4 is 11.5 Å². The summed E-state index contributed by atoms with van der Waals surface area (Å²) in [5, 5.41) is 0. The molecule has 4 rings (SSSR count). The Balaban J connectivity index is 1.81. The average Bonchev–Trinajstić information content (AvgIpc) is 2.73. The van der Waals surface area contributed by atoms with Crippen LogP contribution in [0, 0.1) is 5.82 Å². The molecule has 158 valence electrons. The van der Waals surface area contributed by atoms with Gasteiger partial charge in [-0.25, -0.2) is 4.39 Å². The van der Waals surface area contributed by atoms with Gasteiger partial charge in [-0.05, 0) is 42.9 Å². The monoisotopic (exact) mass is 418 g/mol. The smallest absolute Gasteiger partial charge is 0.387 e. The fourth-order valence-corrected chi connectivity index (χ4v) is 3.71. The minimum absolute atomic E-state index is 0.0414. The van der Waals surface area contributed by atoms with E-state index in [1.54, 1.807) is 17.0 Å². The van der Waals surface area contributed by atoms with Crippen molar-refractivity contribution in [1.82, 2.24) is 9.80 Å². The standard InChI is InChI=1S/C22H21F3N2O3/c1-26-8-10-27(11-9-26)21(28)18-13-29-19-7-6-16(30-22(24)25)12-17(19)20(18)14-2-4-15(23)5-3-14/h2-7,12,22H,8-11,13H2,1H3. The first-order chi connectivity index (χ1) is 14.4. The summed E-state index contributed by atoms with van der Waals surface area (Å²) in [6.07, 6.45) is 0. The van der Waals surface area contributed by atoms with Gasteiger partial charge in [0.1, 0.15) is 23.9 Å². The Bertz CT molecular complexity index is 968. The molecule has 2 aromatic rings. The summed E-state index contributed by atoms with van der Waals surface area (Å²) < 4.78 is 49.3. The first kappa shape index (κ1) is 20.3. The van der Waals surface area contributed by atoms with Gasteiger partial charge in [0.05, 0.1) is 5.57 Å². The topological polar surface area (TPSA) is 42.0 Å². The van der Waals surface area contributed by atoms with Gasteiger partial charge in [-0.15, -0.1) is 0 Å². The maximum atomic E-state index is 13.5. The van der Waals surface area contributed by atoms with Gasteiger partial charge in [-0.2, -0.15) is 8.78 Å². The van der Waals surface area contributed by atoms with Gasteiger partial charge in [-0.3, -0.25) is 4.79 Å². The van der Waals surface area contributed by atoms with Crippen LogP contribution in [0.4, 0.5) is 13.2 Å². The summed E-state index contributed by atoms with van der Waals surface area (Å²) >= 11 is 0. The SMILES string of the molecule is CN1CCN(C(=O)C2=C(c3ccc(F)cc3)c3cc(OC(F)F)ccc3OC2)CC1. The number of carbonyl (C=O) groups is 1. The zero-order valence-electron chi connectivity index (χ0n) is 16.4. The molecule has 2 aliphatic heterocycles. The maximum Gasteiger partial charge on any atom is 0.387 e. The molecule has 8 heteroatoms. The van der Waals surface area contributed by atoms with E-state index in [2.05, 4.69) is 9.64 Å². The lowest BCUT2D eigenvalue weighted by Gasteiger charge is -2.34. The number of amides is 1. The van der Waals surface area contributed by atoms with Crippen LogP contribution in [0.3, 0.4) is 0 Å². The minimum Gasteiger partial charge on any atom is -0.488 e. The van der Waals surface area contributed by atoms with E-state index in [9.17, 15) is 18.0 Å². The molecule has 0 atom stereocenters. The first-order valence-electron chi connectivity index (χ1n) is 9.61. The van der Waals surface area contributed by atoms with E-state index < -0.39 is 12.4 Å². The van der Waals surface area contributed by atoms with Crippen LogP contribution in [-0.4, -0.2) is 62.2 Å². The number of fused-ring (bicyclic) bond motifs is 1. The number of likely N-dealkylation sites (N-methyl/N-ethyl adjacent to an activating group) is 1. The Morgan fingerprint density at radius 3 is 2.43 bits per heavy atom. The van der Waals surface area contributed by atoms with Crippen molar-refractivity contribution in [1.29, 1.82) is 0 Å². The summed E-state index contributed by atoms with van der Waals surface area (Å²) in [6, 6.07) is 10.1. The lowest BCUT2D eigenvalue weighted by molar-refractivity contribution is -0.129. The Morgan fingerprint density at radius 2 is 1.77 bits per heavy atom. The Labute approximate surface area is 172 Å². The van der Waals surface area contributed by atoms with Crippen molar-refractivity contribution in [2.75, 3.05) is 39.8 Å². The molecule has 0 N–H and O–H groups in total. The minimum atomic E-state index is -2.97. The van der Waals surface area contributed by atoms with Crippen LogP contribution >= 0.6 is 0 Å². The highest BCUT2D eigenvalue weighted by atomic mass is 19.3. The number of nitrogens with zero attached hydrogens (tertiary/aromatic N) is 2. The lowest BCUT2D eigenvalue weighted by atomic mass is 9.90. The van der Waals surface area contributed by atoms with E-state index in [1.807, 2.05) is 7.05 Å². The van der Waals surface area contributed by atoms with Crippen LogP contribution in [0.5, 0.6) is 11.5 Å². The van der Waals surface area contributed by atoms with Crippen LogP contribution in [0.1, 0.15) is 11.1 Å². The highest BCUT2D eigenvalue weighted by Gasteiger charge is 2.30. The van der Waals surface area contributed by atoms with Gasteiger partial charge in [-0.1, -0.05) is 12.1 Å². The van der Waals surface area contributed by atoms with Crippen LogP contribution in [0.15, 0.2) is 48.0 Å². The van der Waals surface area contributed by atoms with E-state index in [1.165, 1.54) is 30.3 Å². The molecule has 5 nitrogen and oxygen atoms in total. The molecule has 0 saturated carbocycles. The third kappa shape index (κ3) is 4.14. The molecule has 0 radical (unpaired) electrons. The molecule has 0 aromatic heterocycles. The Morgan fingerprint density at radius 1 is 1.07 bits per heavy atom. The molecule has 0 spiro atoms. The summed E-state index contributed by atoms with van der Waals surface area (Å²) in [4.78, 5) is 17.2. The Hall–Kier alpha value is -3.00. The van der Waals surface area contributed by atoms with E-state index in [0.717, 1.165) is 13.1 Å². The molecule has 30 heavy (non-hydrogen) atoms. The second-order valence-electron chi connectivity index (χ2n) is 7.28. The van der Waals surface area contributed by atoms with Gasteiger partial charge in [0.25, 0.3) is 5.91 Å². The number of ether oxygens (including phenoxy) is 2. The summed E-state index contributed by atoms with van der Waals surface area (Å²) in [5.41, 5.74) is 2.02. The third-order valence-electron chi connectivity index (χ3n) is 5.30. The van der Waals surface area contributed by atoms with Gasteiger partial charge in [0.2, 0.25) is 0 Å². The Kier molecular flexibility index (Phi) is 5.67. The van der Waals surface area contributed by atoms with Crippen molar-refractivity contribution in [2.45, 2.75) is 6.61 Å². The molecular formula is C22H21F3N2O3. The molecule has 0 aliphatic carbocycles. The third-order valence-corrected chi connectivity index (χ3v) is 5.30. The summed E-state index contributed by atoms with van der Waals surface area (Å²) in [6.45, 7) is -0.255. The van der Waals surface area contributed by atoms with Gasteiger partial charge in [0, 0.05) is 37.3 Å². The van der Waals surface area contributed by atoms with Crippen LogP contribution in [-0.2, 0) is 4.79 Å². The average molecular weight is 418 g/mol. The van der Waals surface area contributed by atoms with Gasteiger partial charge >= 0.3 is 6.61 Å². The number of carbonyl (C=O) groups excluding carboxylic acids is 1. The quantitative estimate of drug-likeness (QED) is 0.764. The van der Waals surface area contributed by atoms with Crippen LogP contribution < -0.4 is 9.47 Å². The fraction of sp³-hybridized carbons (Fsp3) is 0.318. The molecule has 0 unspecified atom stereocenters. The van der Waals surface area contributed by atoms with Gasteiger partial charge < -0.3 is 19.3 Å². The molecular weight excluding hydrogens is 397 g/mol. The van der Waals surface area contributed by atoms with E-state index in [0.29, 0.717) is 41.1 Å². The highest BCUT2D eigenvalue weighted by molar-refractivity contribution is 6.06. The van der Waals surface area contributed by atoms with Crippen LogP contribution in [0.2, 0.25) is 0 Å². The fourth-order valence-electron chi connectivity index (χ4n) is 3.71. The zero-order valence-corrected chi connectivity index (χ0v) is 16.4. The predicted octanol–water partition coefficient (Wildman–Crippen LogP) is 3.40. The highest BCUT2D eigenvalue weighted by Crippen LogP contribution is 2.40. The van der Waals surface area contributed by atoms with E-state index >= 15 is 0 Å². The summed E-state index contributed by atoms with van der Waals surface area (Å²) in [7, 11) is 2.00. The van der Waals surface area contributed by atoms with Crippen molar-refractivity contribution < 1.29 is 27.4 Å². The van der Waals surface area contributed by atoms with Crippen LogP contribution in [0.25, 0.3) is 5.57 Å². The number of piperazine rings is 1. The normalized spacial score (nSPS) is 17.0. The van der Waals surface area contributed by atoms with E-state index in [4.69, 9.17) is 4.74 Å². The molecule has 1 amide bonds. The number of hydrogen-bond donors (Lipinski definition) is 0. The molecule has 1 fully saturated rings. The van der Waals surface area contributed by atoms with E-state index in [-0.39, 0.29) is 18.3 Å². The largest absolute Gasteiger partial charge is 0.488 e. The maximum absolute atomic E-state index is 13.5.